The van der Waals surface area contributed by atoms with Gasteiger partial charge < -0.3 is 5.32 Å². The molecule has 2 aromatic carbocycles. The zero-order valence-corrected chi connectivity index (χ0v) is 16.1. The monoisotopic (exact) mass is 366 g/mol. The van der Waals surface area contributed by atoms with Gasteiger partial charge in [-0.15, -0.1) is 11.8 Å². The molecule has 2 aliphatic heterocycles. The van der Waals surface area contributed by atoms with Crippen molar-refractivity contribution in [1.82, 2.24) is 10.2 Å². The van der Waals surface area contributed by atoms with Gasteiger partial charge >= 0.3 is 0 Å². The van der Waals surface area contributed by atoms with Gasteiger partial charge in [0.25, 0.3) is 0 Å². The summed E-state index contributed by atoms with van der Waals surface area (Å²) in [6.07, 6.45) is 5.17. The number of likely N-dealkylation sites (tertiary alicyclic amines) is 1. The second-order valence-electron chi connectivity index (χ2n) is 7.52. The van der Waals surface area contributed by atoms with Crippen LogP contribution in [0.3, 0.4) is 0 Å². The van der Waals surface area contributed by atoms with Crippen molar-refractivity contribution >= 4 is 17.7 Å². The Labute approximate surface area is 160 Å². The number of carbonyl (C=O) groups is 1. The number of carbonyl (C=O) groups excluding carboxylic acids is 1. The first kappa shape index (κ1) is 17.6. The lowest BCUT2D eigenvalue weighted by atomic mass is 9.82. The van der Waals surface area contributed by atoms with E-state index in [2.05, 4.69) is 52.9 Å². The number of nitrogens with one attached hydrogen (secondary N) is 1. The number of amides is 1. The highest BCUT2D eigenvalue weighted by Crippen LogP contribution is 2.39. The highest BCUT2D eigenvalue weighted by molar-refractivity contribution is 7.98. The molecule has 0 aromatic heterocycles. The molecule has 136 valence electrons. The van der Waals surface area contributed by atoms with Gasteiger partial charge in [0.1, 0.15) is 0 Å². The van der Waals surface area contributed by atoms with Crippen molar-refractivity contribution < 1.29 is 4.79 Å². The first-order chi connectivity index (χ1) is 12.7. The highest BCUT2D eigenvalue weighted by atomic mass is 32.2. The third-order valence-corrected chi connectivity index (χ3v) is 6.74. The molecule has 2 saturated heterocycles. The molecule has 4 rings (SSSR count). The van der Waals surface area contributed by atoms with Crippen LogP contribution in [0.1, 0.15) is 36.3 Å². The van der Waals surface area contributed by atoms with Gasteiger partial charge in [0, 0.05) is 30.1 Å². The topological polar surface area (TPSA) is 32.3 Å². The average Bonchev–Trinajstić information content (AvgIpc) is 3.01. The molecule has 0 aliphatic carbocycles. The summed E-state index contributed by atoms with van der Waals surface area (Å²) in [6.45, 7) is 3.10. The summed E-state index contributed by atoms with van der Waals surface area (Å²) in [5, 5.41) is 3.36. The lowest BCUT2D eigenvalue weighted by Gasteiger charge is -2.39. The van der Waals surface area contributed by atoms with Crippen LogP contribution in [-0.2, 0) is 11.3 Å². The van der Waals surface area contributed by atoms with Crippen LogP contribution in [0.4, 0.5) is 0 Å². The Morgan fingerprint density at radius 3 is 2.50 bits per heavy atom. The molecule has 3 nitrogen and oxygen atoms in total. The number of hydrogen-bond donors (Lipinski definition) is 1. The summed E-state index contributed by atoms with van der Waals surface area (Å²) in [6, 6.07) is 18.9. The van der Waals surface area contributed by atoms with Gasteiger partial charge in [-0.3, -0.25) is 9.69 Å². The Hall–Kier alpha value is -1.78. The van der Waals surface area contributed by atoms with Crippen molar-refractivity contribution in [3.63, 3.8) is 0 Å². The van der Waals surface area contributed by atoms with Crippen LogP contribution in [0.25, 0.3) is 0 Å². The minimum Gasteiger partial charge on any atom is -0.350 e. The maximum Gasteiger partial charge on any atom is 0.228 e. The lowest BCUT2D eigenvalue weighted by molar-refractivity contribution is -0.121. The Morgan fingerprint density at radius 1 is 1.08 bits per heavy atom. The van der Waals surface area contributed by atoms with E-state index < -0.39 is 0 Å². The van der Waals surface area contributed by atoms with Crippen LogP contribution >= 0.6 is 11.8 Å². The summed E-state index contributed by atoms with van der Waals surface area (Å²) in [4.78, 5) is 16.5. The number of piperidine rings is 1. The van der Waals surface area contributed by atoms with Crippen LogP contribution in [0.5, 0.6) is 0 Å². The first-order valence-electron chi connectivity index (χ1n) is 9.40. The summed E-state index contributed by atoms with van der Waals surface area (Å²) in [5.41, 5.74) is 2.55. The Kier molecular flexibility index (Phi) is 5.05. The number of thioether (sulfide) groups is 1. The molecule has 2 fully saturated rings. The summed E-state index contributed by atoms with van der Waals surface area (Å²) >= 11 is 1.82. The maximum absolute atomic E-state index is 12.6. The molecule has 1 spiro atoms. The van der Waals surface area contributed by atoms with Crippen molar-refractivity contribution in [1.29, 1.82) is 0 Å². The van der Waals surface area contributed by atoms with Crippen LogP contribution in [0, 0.1) is 0 Å². The average molecular weight is 367 g/mol. The standard InChI is InChI=1S/C22H26N2OS/c1-26-20-10-6-5-9-18(20)16-24-13-11-22(12-14-24)15-19(21(25)23-22)17-7-3-2-4-8-17/h2-10,19H,11-16H2,1H3,(H,23,25). The third kappa shape index (κ3) is 3.53. The molecule has 2 aliphatic rings. The zero-order chi connectivity index (χ0) is 18.0. The van der Waals surface area contributed by atoms with Gasteiger partial charge in [0.15, 0.2) is 0 Å². The van der Waals surface area contributed by atoms with Crippen molar-refractivity contribution in [3.8, 4) is 0 Å². The van der Waals surface area contributed by atoms with Crippen LogP contribution in [0.15, 0.2) is 59.5 Å². The van der Waals surface area contributed by atoms with Gasteiger partial charge in [-0.25, -0.2) is 0 Å². The molecule has 2 aromatic rings. The fourth-order valence-corrected chi connectivity index (χ4v) is 4.99. The predicted octanol–water partition coefficient (Wildman–Crippen LogP) is 4.05. The summed E-state index contributed by atoms with van der Waals surface area (Å²) in [5.74, 6) is 0.220. The van der Waals surface area contributed by atoms with E-state index in [1.54, 1.807) is 0 Å². The molecule has 0 saturated carbocycles. The fourth-order valence-electron chi connectivity index (χ4n) is 4.38. The molecule has 0 bridgehead atoms. The molecular weight excluding hydrogens is 340 g/mol. The number of rotatable bonds is 4. The van der Waals surface area contributed by atoms with E-state index in [-0.39, 0.29) is 17.4 Å². The molecule has 2 heterocycles. The molecule has 4 heteroatoms. The maximum atomic E-state index is 12.6. The predicted molar refractivity (Wildman–Crippen MR) is 107 cm³/mol. The second-order valence-corrected chi connectivity index (χ2v) is 8.37. The van der Waals surface area contributed by atoms with E-state index in [4.69, 9.17) is 0 Å². The third-order valence-electron chi connectivity index (χ3n) is 5.90. The van der Waals surface area contributed by atoms with Gasteiger partial charge in [-0.2, -0.15) is 0 Å². The molecule has 1 amide bonds. The Bertz CT molecular complexity index is 769. The molecule has 1 unspecified atom stereocenters. The number of hydrogen-bond acceptors (Lipinski definition) is 3. The largest absolute Gasteiger partial charge is 0.350 e. The first-order valence-corrected chi connectivity index (χ1v) is 10.6. The highest BCUT2D eigenvalue weighted by Gasteiger charge is 2.46. The van der Waals surface area contributed by atoms with Crippen molar-refractivity contribution in [2.45, 2.75) is 42.2 Å². The van der Waals surface area contributed by atoms with Crippen LogP contribution in [0.2, 0.25) is 0 Å². The SMILES string of the molecule is CSc1ccccc1CN1CCC2(CC1)CC(c1ccccc1)C(=O)N2. The van der Waals surface area contributed by atoms with Crippen molar-refractivity contribution in [3.05, 3.63) is 65.7 Å². The lowest BCUT2D eigenvalue weighted by Crippen LogP contribution is -2.50. The van der Waals surface area contributed by atoms with Gasteiger partial charge in [-0.05, 0) is 42.7 Å². The minimum atomic E-state index is -0.00683. The van der Waals surface area contributed by atoms with Gasteiger partial charge in [0.2, 0.25) is 5.91 Å². The van der Waals surface area contributed by atoms with E-state index in [0.717, 1.165) is 44.5 Å². The van der Waals surface area contributed by atoms with E-state index in [0.29, 0.717) is 0 Å². The van der Waals surface area contributed by atoms with Gasteiger partial charge in [0.05, 0.1) is 5.92 Å². The van der Waals surface area contributed by atoms with Crippen molar-refractivity contribution in [2.24, 2.45) is 0 Å². The summed E-state index contributed by atoms with van der Waals surface area (Å²) in [7, 11) is 0. The number of benzene rings is 2. The van der Waals surface area contributed by atoms with Crippen LogP contribution in [-0.4, -0.2) is 35.7 Å². The van der Waals surface area contributed by atoms with Gasteiger partial charge in [-0.1, -0.05) is 48.5 Å². The summed E-state index contributed by atoms with van der Waals surface area (Å²) < 4.78 is 0. The van der Waals surface area contributed by atoms with E-state index >= 15 is 0 Å². The van der Waals surface area contributed by atoms with E-state index in [1.807, 2.05) is 30.0 Å². The zero-order valence-electron chi connectivity index (χ0n) is 15.3. The molecule has 1 atom stereocenters. The van der Waals surface area contributed by atoms with Crippen LogP contribution < -0.4 is 5.32 Å². The molecule has 1 N–H and O–H groups in total. The normalized spacial score (nSPS) is 22.5. The molecule has 0 radical (unpaired) electrons. The second kappa shape index (κ2) is 7.45. The van der Waals surface area contributed by atoms with Crippen molar-refractivity contribution in [2.75, 3.05) is 19.3 Å². The quantitative estimate of drug-likeness (QED) is 0.829. The molecular formula is C22H26N2OS. The van der Waals surface area contributed by atoms with E-state index in [9.17, 15) is 4.79 Å². The van der Waals surface area contributed by atoms with E-state index in [1.165, 1.54) is 10.5 Å². The number of nitrogens with zero attached hydrogens (tertiary/aromatic N) is 1. The Balaban J connectivity index is 1.40. The Morgan fingerprint density at radius 2 is 1.77 bits per heavy atom. The molecule has 26 heavy (non-hydrogen) atoms. The minimum absolute atomic E-state index is 0.00683. The smallest absolute Gasteiger partial charge is 0.228 e. The fraction of sp³-hybridized carbons (Fsp3) is 0.409.